The Hall–Kier alpha value is -2.95. The second kappa shape index (κ2) is 9.73. The predicted molar refractivity (Wildman–Crippen MR) is 144 cm³/mol. The first-order valence-corrected chi connectivity index (χ1v) is 15.0. The van der Waals surface area contributed by atoms with Crippen molar-refractivity contribution in [3.8, 4) is 0 Å². The second-order valence-corrected chi connectivity index (χ2v) is 15.2. The molecule has 0 bridgehead atoms. The lowest BCUT2D eigenvalue weighted by Gasteiger charge is -2.37. The SMILES string of the molecule is CC(C)(C)[Si](C)(C)OCCc1cn(C(c2ccccc2)(c2ccccc2)c2ccccc2)cn1. The number of aromatic nitrogens is 2. The number of benzene rings is 3. The Bertz CT molecular complexity index is 1080. The van der Waals surface area contributed by atoms with Crippen LogP contribution in [0.4, 0.5) is 0 Å². The summed E-state index contributed by atoms with van der Waals surface area (Å²) in [6.45, 7) is 12.1. The van der Waals surface area contributed by atoms with Gasteiger partial charge in [-0.05, 0) is 34.8 Å². The maximum atomic E-state index is 6.44. The van der Waals surface area contributed by atoms with Gasteiger partial charge < -0.3 is 8.99 Å². The van der Waals surface area contributed by atoms with Crippen LogP contribution in [-0.4, -0.2) is 24.5 Å². The first-order chi connectivity index (χ1) is 16.2. The van der Waals surface area contributed by atoms with Gasteiger partial charge >= 0.3 is 0 Å². The summed E-state index contributed by atoms with van der Waals surface area (Å²) in [7, 11) is -1.78. The average Bonchev–Trinajstić information content (AvgIpc) is 3.30. The summed E-state index contributed by atoms with van der Waals surface area (Å²) in [6.07, 6.45) is 4.98. The van der Waals surface area contributed by atoms with E-state index in [0.29, 0.717) is 6.61 Å². The van der Waals surface area contributed by atoms with Crippen LogP contribution in [0.3, 0.4) is 0 Å². The summed E-state index contributed by atoms with van der Waals surface area (Å²) < 4.78 is 8.71. The molecular formula is C30H36N2OSi. The Balaban J connectivity index is 1.77. The third kappa shape index (κ3) is 4.66. The van der Waals surface area contributed by atoms with Crippen molar-refractivity contribution in [3.63, 3.8) is 0 Å². The highest BCUT2D eigenvalue weighted by molar-refractivity contribution is 6.74. The Morgan fingerprint density at radius 1 is 0.735 bits per heavy atom. The van der Waals surface area contributed by atoms with Crippen molar-refractivity contribution in [3.05, 3.63) is 126 Å². The highest BCUT2D eigenvalue weighted by Gasteiger charge is 2.39. The maximum absolute atomic E-state index is 6.44. The van der Waals surface area contributed by atoms with Gasteiger partial charge in [-0.25, -0.2) is 4.98 Å². The number of hydrogen-bond acceptors (Lipinski definition) is 2. The Labute approximate surface area is 205 Å². The zero-order chi connectivity index (χ0) is 24.2. The van der Waals surface area contributed by atoms with Gasteiger partial charge in [-0.1, -0.05) is 112 Å². The molecule has 0 N–H and O–H groups in total. The highest BCUT2D eigenvalue weighted by Crippen LogP contribution is 2.41. The van der Waals surface area contributed by atoms with Gasteiger partial charge in [-0.2, -0.15) is 0 Å². The van der Waals surface area contributed by atoms with E-state index in [1.165, 1.54) is 16.7 Å². The van der Waals surface area contributed by atoms with Crippen LogP contribution in [0.25, 0.3) is 0 Å². The van der Waals surface area contributed by atoms with E-state index in [1.807, 2.05) is 6.33 Å². The molecule has 176 valence electrons. The van der Waals surface area contributed by atoms with Gasteiger partial charge in [0.05, 0.1) is 12.0 Å². The number of imidazole rings is 1. The Morgan fingerprint density at radius 2 is 1.18 bits per heavy atom. The first kappa shape index (κ1) is 24.2. The van der Waals surface area contributed by atoms with E-state index < -0.39 is 13.9 Å². The normalized spacial score (nSPS) is 12.6. The van der Waals surface area contributed by atoms with Gasteiger partial charge in [0.15, 0.2) is 8.32 Å². The van der Waals surface area contributed by atoms with Crippen molar-refractivity contribution in [1.29, 1.82) is 0 Å². The van der Waals surface area contributed by atoms with Crippen molar-refractivity contribution in [2.75, 3.05) is 6.61 Å². The molecule has 0 atom stereocenters. The topological polar surface area (TPSA) is 27.1 Å². The molecule has 4 aromatic rings. The summed E-state index contributed by atoms with van der Waals surface area (Å²) in [5.74, 6) is 0. The molecule has 1 heterocycles. The molecule has 4 rings (SSSR count). The molecular weight excluding hydrogens is 432 g/mol. The quantitative estimate of drug-likeness (QED) is 0.201. The largest absolute Gasteiger partial charge is 0.416 e. The van der Waals surface area contributed by atoms with Crippen LogP contribution in [0, 0.1) is 0 Å². The van der Waals surface area contributed by atoms with Gasteiger partial charge in [0.25, 0.3) is 0 Å². The number of rotatable bonds is 8. The van der Waals surface area contributed by atoms with Crippen LogP contribution in [0.2, 0.25) is 18.1 Å². The van der Waals surface area contributed by atoms with Gasteiger partial charge in [0.2, 0.25) is 0 Å². The minimum Gasteiger partial charge on any atom is -0.416 e. The third-order valence-electron chi connectivity index (χ3n) is 7.23. The monoisotopic (exact) mass is 468 g/mol. The molecule has 34 heavy (non-hydrogen) atoms. The van der Waals surface area contributed by atoms with Crippen LogP contribution in [0.15, 0.2) is 104 Å². The first-order valence-electron chi connectivity index (χ1n) is 12.1. The van der Waals surface area contributed by atoms with Crippen LogP contribution in [0.5, 0.6) is 0 Å². The summed E-state index contributed by atoms with van der Waals surface area (Å²) >= 11 is 0. The molecule has 0 spiro atoms. The molecule has 1 aromatic heterocycles. The van der Waals surface area contributed by atoms with Crippen molar-refractivity contribution >= 4 is 8.32 Å². The molecule has 0 unspecified atom stereocenters. The molecule has 0 saturated carbocycles. The van der Waals surface area contributed by atoms with Gasteiger partial charge in [-0.15, -0.1) is 0 Å². The minimum absolute atomic E-state index is 0.204. The molecule has 0 fully saturated rings. The summed E-state index contributed by atoms with van der Waals surface area (Å²) in [6, 6.07) is 32.1. The lowest BCUT2D eigenvalue weighted by molar-refractivity contribution is 0.291. The lowest BCUT2D eigenvalue weighted by atomic mass is 9.77. The van der Waals surface area contributed by atoms with Crippen LogP contribution in [0.1, 0.15) is 43.2 Å². The molecule has 3 aromatic carbocycles. The van der Waals surface area contributed by atoms with E-state index in [2.05, 4.69) is 136 Å². The summed E-state index contributed by atoms with van der Waals surface area (Å²) in [5.41, 5.74) is 4.14. The maximum Gasteiger partial charge on any atom is 0.191 e. The van der Waals surface area contributed by atoms with Crippen molar-refractivity contribution < 1.29 is 4.43 Å². The fourth-order valence-electron chi connectivity index (χ4n) is 4.29. The zero-order valence-electron chi connectivity index (χ0n) is 21.0. The fourth-order valence-corrected chi connectivity index (χ4v) is 5.33. The molecule has 0 saturated heterocycles. The van der Waals surface area contributed by atoms with E-state index in [-0.39, 0.29) is 5.04 Å². The van der Waals surface area contributed by atoms with E-state index >= 15 is 0 Å². The molecule has 0 amide bonds. The average molecular weight is 469 g/mol. The minimum atomic E-state index is -1.78. The van der Waals surface area contributed by atoms with Gasteiger partial charge in [0, 0.05) is 19.2 Å². The van der Waals surface area contributed by atoms with E-state index in [4.69, 9.17) is 9.41 Å². The van der Waals surface area contributed by atoms with E-state index in [9.17, 15) is 0 Å². The zero-order valence-corrected chi connectivity index (χ0v) is 22.0. The molecule has 0 aliphatic rings. The molecule has 0 radical (unpaired) electrons. The summed E-state index contributed by atoms with van der Waals surface area (Å²) in [5, 5.41) is 0.204. The van der Waals surface area contributed by atoms with Crippen molar-refractivity contribution in [2.45, 2.75) is 50.9 Å². The van der Waals surface area contributed by atoms with Crippen molar-refractivity contribution in [1.82, 2.24) is 9.55 Å². The summed E-state index contributed by atoms with van der Waals surface area (Å²) in [4.78, 5) is 4.84. The Morgan fingerprint density at radius 3 is 1.59 bits per heavy atom. The van der Waals surface area contributed by atoms with E-state index in [0.717, 1.165) is 12.1 Å². The van der Waals surface area contributed by atoms with Gasteiger partial charge in [0.1, 0.15) is 5.54 Å². The molecule has 0 aliphatic heterocycles. The fraction of sp³-hybridized carbons (Fsp3) is 0.300. The molecule has 4 heteroatoms. The predicted octanol–water partition coefficient (Wildman–Crippen LogP) is 7.29. The third-order valence-corrected chi connectivity index (χ3v) is 11.8. The van der Waals surface area contributed by atoms with Crippen molar-refractivity contribution in [2.24, 2.45) is 0 Å². The van der Waals surface area contributed by atoms with Gasteiger partial charge in [-0.3, -0.25) is 0 Å². The van der Waals surface area contributed by atoms with Crippen LogP contribution >= 0.6 is 0 Å². The molecule has 3 nitrogen and oxygen atoms in total. The van der Waals surface area contributed by atoms with Crippen LogP contribution < -0.4 is 0 Å². The molecule has 0 aliphatic carbocycles. The lowest BCUT2D eigenvalue weighted by Crippen LogP contribution is -2.41. The Kier molecular flexibility index (Phi) is 6.92. The standard InChI is InChI=1S/C30H36N2OSi/c1-29(2,3)34(4,5)33-22-21-28-23-32(24-31-28)30(25-15-9-6-10-16-25,26-17-11-7-12-18-26)27-19-13-8-14-20-27/h6-20,23-24H,21-22H2,1-5H3. The number of nitrogens with zero attached hydrogens (tertiary/aromatic N) is 2. The van der Waals surface area contributed by atoms with E-state index in [1.54, 1.807) is 0 Å². The number of hydrogen-bond donors (Lipinski definition) is 0. The highest BCUT2D eigenvalue weighted by atomic mass is 28.4. The second-order valence-electron chi connectivity index (χ2n) is 10.4. The smallest absolute Gasteiger partial charge is 0.191 e. The van der Waals surface area contributed by atoms with Crippen LogP contribution in [-0.2, 0) is 16.4 Å².